The predicted octanol–water partition coefficient (Wildman–Crippen LogP) is 4.21. The van der Waals surface area contributed by atoms with Gasteiger partial charge in [0.15, 0.2) is 0 Å². The molecule has 5 nitrogen and oxygen atoms in total. The zero-order valence-electron chi connectivity index (χ0n) is 13.9. The van der Waals surface area contributed by atoms with E-state index in [0.29, 0.717) is 21.5 Å². The summed E-state index contributed by atoms with van der Waals surface area (Å²) in [6.45, 7) is 0.695. The van der Waals surface area contributed by atoms with E-state index in [2.05, 4.69) is 26.2 Å². The molecule has 0 atom stereocenters. The number of benzene rings is 2. The van der Waals surface area contributed by atoms with Crippen LogP contribution in [0, 0.1) is 0 Å². The van der Waals surface area contributed by atoms with Gasteiger partial charge in [-0.2, -0.15) is 0 Å². The van der Waals surface area contributed by atoms with Crippen LogP contribution in [0.2, 0.25) is 0 Å². The van der Waals surface area contributed by atoms with Crippen molar-refractivity contribution >= 4 is 15.9 Å². The van der Waals surface area contributed by atoms with Crippen LogP contribution < -0.4 is 4.74 Å². The summed E-state index contributed by atoms with van der Waals surface area (Å²) in [5, 5.41) is 16.7. The van der Waals surface area contributed by atoms with Gasteiger partial charge in [0.2, 0.25) is 0 Å². The fraction of sp³-hybridized carbons (Fsp3) is 0.222. The Bertz CT molecular complexity index is 892. The Kier molecular flexibility index (Phi) is 5.33. The van der Waals surface area contributed by atoms with Crippen molar-refractivity contribution in [2.75, 3.05) is 0 Å². The number of aromatic nitrogens is 3. The third-order valence-electron chi connectivity index (χ3n) is 3.78. The topological polar surface area (TPSA) is 60.2 Å². The fourth-order valence-electron chi connectivity index (χ4n) is 2.46. The molecule has 0 saturated heterocycles. The number of hydrogen-bond acceptors (Lipinski definition) is 4. The Labute approximate surface area is 157 Å². The quantitative estimate of drug-likeness (QED) is 0.644. The largest absolute Gasteiger partial charge is 0.489 e. The Morgan fingerprint density at radius 2 is 1.92 bits per heavy atom. The van der Waals surface area contributed by atoms with Gasteiger partial charge in [-0.25, -0.2) is 13.5 Å². The first-order valence-electron chi connectivity index (χ1n) is 7.79. The summed E-state index contributed by atoms with van der Waals surface area (Å²) in [5.74, 6) is -2.42. The molecule has 0 unspecified atom stereocenters. The van der Waals surface area contributed by atoms with E-state index in [1.165, 1.54) is 10.7 Å². The summed E-state index contributed by atoms with van der Waals surface area (Å²) in [6.07, 6.45) is 1.62. The molecule has 136 valence electrons. The third-order valence-corrected chi connectivity index (χ3v) is 4.52. The van der Waals surface area contributed by atoms with Crippen molar-refractivity contribution in [3.05, 3.63) is 70.0 Å². The van der Waals surface area contributed by atoms with Gasteiger partial charge in [-0.3, -0.25) is 0 Å². The van der Waals surface area contributed by atoms with Crippen LogP contribution in [0.25, 0.3) is 5.69 Å². The first-order chi connectivity index (χ1) is 12.4. The van der Waals surface area contributed by atoms with E-state index in [1.54, 1.807) is 42.6 Å². The van der Waals surface area contributed by atoms with Crippen molar-refractivity contribution < 1.29 is 18.6 Å². The van der Waals surface area contributed by atoms with Crippen molar-refractivity contribution in [3.8, 4) is 11.4 Å². The Hall–Kier alpha value is -2.32. The highest BCUT2D eigenvalue weighted by molar-refractivity contribution is 9.10. The summed E-state index contributed by atoms with van der Waals surface area (Å²) < 4.78 is 35.3. The minimum Gasteiger partial charge on any atom is -0.489 e. The van der Waals surface area contributed by atoms with E-state index in [9.17, 15) is 8.78 Å². The maximum atomic E-state index is 13.8. The summed E-state index contributed by atoms with van der Waals surface area (Å²) >= 11 is 3.31. The molecule has 1 heterocycles. The molecule has 0 aliphatic rings. The molecule has 3 aromatic rings. The zero-order valence-corrected chi connectivity index (χ0v) is 15.5. The Morgan fingerprint density at radius 1 is 1.19 bits per heavy atom. The molecule has 0 saturated carbocycles. The Morgan fingerprint density at radius 3 is 2.54 bits per heavy atom. The minimum absolute atomic E-state index is 0.0114. The van der Waals surface area contributed by atoms with Crippen LogP contribution in [-0.2, 0) is 19.1 Å². The van der Waals surface area contributed by atoms with Crippen molar-refractivity contribution in [1.82, 2.24) is 15.0 Å². The molecule has 2 aromatic carbocycles. The van der Waals surface area contributed by atoms with E-state index in [1.807, 2.05) is 0 Å². The number of rotatable bonds is 6. The molecule has 0 aliphatic heterocycles. The smallest absolute Gasteiger partial charge is 0.270 e. The summed E-state index contributed by atoms with van der Waals surface area (Å²) in [7, 11) is 0. The van der Waals surface area contributed by atoms with Gasteiger partial charge in [-0.15, -0.1) is 5.10 Å². The highest BCUT2D eigenvalue weighted by atomic mass is 79.9. The second-order valence-corrected chi connectivity index (χ2v) is 6.60. The standard InChI is InChI=1S/C18H16BrF2N3O2/c1-18(20,21)16-3-2-4-17(19)15(16)11-26-14-7-5-13(6-8-14)24-9-12(10-25)22-23-24/h2-9,25H,10-11H2,1H3. The number of aliphatic hydroxyl groups excluding tert-OH is 1. The molecule has 0 aliphatic carbocycles. The molecular weight excluding hydrogens is 408 g/mol. The van der Waals surface area contributed by atoms with Crippen LogP contribution in [0.3, 0.4) is 0 Å². The second-order valence-electron chi connectivity index (χ2n) is 5.75. The molecule has 1 N–H and O–H groups in total. The lowest BCUT2D eigenvalue weighted by Crippen LogP contribution is -2.13. The van der Waals surface area contributed by atoms with Crippen molar-refractivity contribution in [3.63, 3.8) is 0 Å². The van der Waals surface area contributed by atoms with Crippen LogP contribution in [0.4, 0.5) is 8.78 Å². The molecule has 0 spiro atoms. The average Bonchev–Trinajstić information content (AvgIpc) is 3.09. The van der Waals surface area contributed by atoms with Crippen molar-refractivity contribution in [2.45, 2.75) is 26.1 Å². The predicted molar refractivity (Wildman–Crippen MR) is 95.3 cm³/mol. The summed E-state index contributed by atoms with van der Waals surface area (Å²) in [5.41, 5.74) is 1.55. The highest BCUT2D eigenvalue weighted by Gasteiger charge is 2.28. The van der Waals surface area contributed by atoms with E-state index >= 15 is 0 Å². The van der Waals surface area contributed by atoms with Gasteiger partial charge in [0.1, 0.15) is 18.1 Å². The maximum Gasteiger partial charge on any atom is 0.270 e. The fourth-order valence-corrected chi connectivity index (χ4v) is 2.94. The maximum absolute atomic E-state index is 13.8. The molecule has 8 heteroatoms. The zero-order chi connectivity index (χ0) is 18.7. The number of aliphatic hydroxyl groups is 1. The third kappa shape index (κ3) is 4.08. The van der Waals surface area contributed by atoms with Gasteiger partial charge in [0, 0.05) is 22.5 Å². The van der Waals surface area contributed by atoms with E-state index in [0.717, 1.165) is 12.6 Å². The number of halogens is 3. The van der Waals surface area contributed by atoms with Gasteiger partial charge in [-0.05, 0) is 30.3 Å². The number of nitrogens with zero attached hydrogens (tertiary/aromatic N) is 3. The molecule has 1 aromatic heterocycles. The van der Waals surface area contributed by atoms with Crippen LogP contribution in [0.1, 0.15) is 23.7 Å². The first-order valence-corrected chi connectivity index (χ1v) is 8.59. The van der Waals surface area contributed by atoms with Crippen LogP contribution in [-0.4, -0.2) is 20.1 Å². The lowest BCUT2D eigenvalue weighted by Gasteiger charge is -2.17. The van der Waals surface area contributed by atoms with Crippen LogP contribution >= 0.6 is 15.9 Å². The molecular formula is C18H16BrF2N3O2. The highest BCUT2D eigenvalue weighted by Crippen LogP contribution is 2.34. The molecule has 3 rings (SSSR count). The lowest BCUT2D eigenvalue weighted by atomic mass is 10.0. The van der Waals surface area contributed by atoms with E-state index < -0.39 is 5.92 Å². The van der Waals surface area contributed by atoms with Gasteiger partial charge < -0.3 is 9.84 Å². The van der Waals surface area contributed by atoms with Crippen molar-refractivity contribution in [2.24, 2.45) is 0 Å². The van der Waals surface area contributed by atoms with E-state index in [-0.39, 0.29) is 18.8 Å². The number of alkyl halides is 2. The summed E-state index contributed by atoms with van der Waals surface area (Å²) in [6, 6.07) is 11.7. The molecule has 0 amide bonds. The summed E-state index contributed by atoms with van der Waals surface area (Å²) in [4.78, 5) is 0. The van der Waals surface area contributed by atoms with Crippen molar-refractivity contribution in [1.29, 1.82) is 0 Å². The average molecular weight is 424 g/mol. The van der Waals surface area contributed by atoms with Gasteiger partial charge in [0.05, 0.1) is 18.5 Å². The van der Waals surface area contributed by atoms with Gasteiger partial charge >= 0.3 is 0 Å². The van der Waals surface area contributed by atoms with E-state index in [4.69, 9.17) is 9.84 Å². The number of ether oxygens (including phenoxy) is 1. The second kappa shape index (κ2) is 7.51. The SMILES string of the molecule is CC(F)(F)c1cccc(Br)c1COc1ccc(-n2cc(CO)nn2)cc1. The molecule has 0 radical (unpaired) electrons. The van der Waals surface area contributed by atoms with Gasteiger partial charge in [-0.1, -0.05) is 33.3 Å². The normalized spacial score (nSPS) is 11.6. The monoisotopic (exact) mass is 423 g/mol. The molecule has 0 bridgehead atoms. The van der Waals surface area contributed by atoms with Gasteiger partial charge in [0.25, 0.3) is 5.92 Å². The van der Waals surface area contributed by atoms with Crippen LogP contribution in [0.15, 0.2) is 53.1 Å². The minimum atomic E-state index is -2.95. The lowest BCUT2D eigenvalue weighted by molar-refractivity contribution is 0.0155. The van der Waals surface area contributed by atoms with Crippen LogP contribution in [0.5, 0.6) is 5.75 Å². The first kappa shape index (κ1) is 18.5. The molecule has 26 heavy (non-hydrogen) atoms. The molecule has 0 fully saturated rings. The number of hydrogen-bond donors (Lipinski definition) is 1. The Balaban J connectivity index is 1.75.